The van der Waals surface area contributed by atoms with Gasteiger partial charge in [0.05, 0.1) is 11.8 Å². The first-order valence-corrected chi connectivity index (χ1v) is 15.8. The van der Waals surface area contributed by atoms with Crippen molar-refractivity contribution in [2.24, 2.45) is 50.2 Å². The first-order chi connectivity index (χ1) is 18.4. The van der Waals surface area contributed by atoms with Crippen molar-refractivity contribution in [1.29, 1.82) is 0 Å². The maximum absolute atomic E-state index is 12.5. The number of rotatable bonds is 5. The van der Waals surface area contributed by atoms with E-state index in [0.717, 1.165) is 51.4 Å². The van der Waals surface area contributed by atoms with E-state index in [1.165, 1.54) is 12.8 Å². The molecule has 5 aliphatic carbocycles. The van der Waals surface area contributed by atoms with Crippen LogP contribution in [0.2, 0.25) is 0 Å². The summed E-state index contributed by atoms with van der Waals surface area (Å²) in [5.41, 5.74) is 1.20. The Balaban J connectivity index is 0.00000387. The normalized spacial score (nSPS) is 46.3. The van der Waals surface area contributed by atoms with Crippen molar-refractivity contribution >= 4 is 17.9 Å². The van der Waals surface area contributed by atoms with Crippen LogP contribution in [-0.4, -0.2) is 29.1 Å². The second kappa shape index (κ2) is 11.0. The standard InChI is InChI=1S/C34H52O6.K/c1-29(2)23-12-15-34(7)24(32(23,5)14-13-25(29)40-27(37)11-10-26(35)36)9-8-21-22-20-31(4,28(38)39)17-16-30(22,3)18-19-33(21,34)6;/h8,22-25H,9-20H2,1-7H3,(H,35,36)(H,38,39);/q;+1/p-1/t22-,23-,24+,25?,30+,31-,32-,33+,34+;/m0./s1. The molecule has 0 spiro atoms. The summed E-state index contributed by atoms with van der Waals surface area (Å²) in [5, 5.41) is 21.0. The first-order valence-electron chi connectivity index (χ1n) is 15.8. The van der Waals surface area contributed by atoms with Crippen LogP contribution in [0.15, 0.2) is 11.6 Å². The van der Waals surface area contributed by atoms with Gasteiger partial charge in [-0.1, -0.05) is 53.2 Å². The predicted molar refractivity (Wildman–Crippen MR) is 151 cm³/mol. The van der Waals surface area contributed by atoms with Crippen LogP contribution in [0.5, 0.6) is 0 Å². The van der Waals surface area contributed by atoms with Crippen molar-refractivity contribution in [2.45, 2.75) is 132 Å². The molecule has 224 valence electrons. The van der Waals surface area contributed by atoms with Crippen LogP contribution in [0.4, 0.5) is 0 Å². The Kier molecular flexibility index (Phi) is 9.03. The molecule has 9 atom stereocenters. The van der Waals surface area contributed by atoms with Crippen molar-refractivity contribution < 1.29 is 80.7 Å². The Morgan fingerprint density at radius 2 is 1.56 bits per heavy atom. The number of carbonyl (C=O) groups is 3. The van der Waals surface area contributed by atoms with E-state index in [1.807, 2.05) is 6.92 Å². The van der Waals surface area contributed by atoms with E-state index in [1.54, 1.807) is 5.57 Å². The number of carbonyl (C=O) groups excluding carboxylic acids is 2. The van der Waals surface area contributed by atoms with Gasteiger partial charge in [0.15, 0.2) is 0 Å². The summed E-state index contributed by atoms with van der Waals surface area (Å²) in [6.45, 7) is 16.4. The van der Waals surface area contributed by atoms with Gasteiger partial charge < -0.3 is 19.7 Å². The molecule has 0 saturated heterocycles. The van der Waals surface area contributed by atoms with Gasteiger partial charge in [0.25, 0.3) is 0 Å². The molecule has 5 rings (SSSR count). The number of aliphatic carboxylic acids is 2. The molecule has 4 fully saturated rings. The van der Waals surface area contributed by atoms with Crippen molar-refractivity contribution in [1.82, 2.24) is 0 Å². The molecule has 0 amide bonds. The minimum Gasteiger partial charge on any atom is -0.550 e. The Bertz CT molecular complexity index is 1130. The van der Waals surface area contributed by atoms with Gasteiger partial charge in [0.1, 0.15) is 6.10 Å². The SMILES string of the molecule is CC1(C)C(OC(=O)CCC(=O)[O-])CC[C@]2(C)[C@H]3CC=C4[C@@H]5C[C@@](C)(C(=O)O)CC[C@]5(C)CC[C@@]4(C)[C@]3(C)CC[C@@H]12.[K+]. The van der Waals surface area contributed by atoms with Crippen LogP contribution in [-0.2, 0) is 19.1 Å². The molecule has 0 aromatic carbocycles. The van der Waals surface area contributed by atoms with E-state index < -0.39 is 23.3 Å². The summed E-state index contributed by atoms with van der Waals surface area (Å²) >= 11 is 0. The van der Waals surface area contributed by atoms with Crippen molar-refractivity contribution in [3.05, 3.63) is 11.6 Å². The van der Waals surface area contributed by atoms with E-state index in [9.17, 15) is 24.6 Å². The quantitative estimate of drug-likeness (QED) is 0.298. The van der Waals surface area contributed by atoms with E-state index in [4.69, 9.17) is 4.74 Å². The fraction of sp³-hybridized carbons (Fsp3) is 0.853. The van der Waals surface area contributed by atoms with Crippen LogP contribution in [0.1, 0.15) is 126 Å². The molecule has 1 N–H and O–H groups in total. The van der Waals surface area contributed by atoms with Gasteiger partial charge >= 0.3 is 63.3 Å². The monoisotopic (exact) mass is 594 g/mol. The maximum Gasteiger partial charge on any atom is 1.00 e. The number of carboxylic acid groups (broad SMARTS) is 2. The molecule has 41 heavy (non-hydrogen) atoms. The molecule has 7 heteroatoms. The van der Waals surface area contributed by atoms with Crippen molar-refractivity contribution in [2.75, 3.05) is 0 Å². The summed E-state index contributed by atoms with van der Waals surface area (Å²) in [5.74, 6) is -1.05. The third kappa shape index (κ3) is 5.08. The third-order valence-electron chi connectivity index (χ3n) is 14.1. The fourth-order valence-electron chi connectivity index (χ4n) is 11.2. The van der Waals surface area contributed by atoms with Gasteiger partial charge in [-0.05, 0) is 117 Å². The molecule has 6 nitrogen and oxygen atoms in total. The molecule has 1 unspecified atom stereocenters. The zero-order chi connectivity index (χ0) is 29.5. The van der Waals surface area contributed by atoms with Gasteiger partial charge in [0, 0.05) is 11.4 Å². The summed E-state index contributed by atoms with van der Waals surface area (Å²) in [6, 6.07) is 0. The van der Waals surface area contributed by atoms with Gasteiger partial charge in [-0.3, -0.25) is 9.59 Å². The van der Waals surface area contributed by atoms with Gasteiger partial charge in [-0.25, -0.2) is 0 Å². The number of allylic oxidation sites excluding steroid dienone is 2. The maximum atomic E-state index is 12.5. The molecule has 0 aromatic heterocycles. The Morgan fingerprint density at radius 3 is 2.20 bits per heavy atom. The number of hydrogen-bond acceptors (Lipinski definition) is 5. The van der Waals surface area contributed by atoms with Crippen LogP contribution in [0.3, 0.4) is 0 Å². The molecular formula is C34H51KO6. The minimum absolute atomic E-state index is 0. The van der Waals surface area contributed by atoms with Gasteiger partial charge in [-0.15, -0.1) is 0 Å². The van der Waals surface area contributed by atoms with Crippen LogP contribution in [0.25, 0.3) is 0 Å². The van der Waals surface area contributed by atoms with Crippen molar-refractivity contribution in [3.63, 3.8) is 0 Å². The molecule has 0 radical (unpaired) electrons. The van der Waals surface area contributed by atoms with E-state index in [2.05, 4.69) is 47.6 Å². The van der Waals surface area contributed by atoms with Crippen molar-refractivity contribution in [3.8, 4) is 0 Å². The van der Waals surface area contributed by atoms with E-state index in [0.29, 0.717) is 17.8 Å². The zero-order valence-corrected chi connectivity index (χ0v) is 30.0. The first kappa shape index (κ1) is 33.7. The number of ether oxygens (including phenoxy) is 1. The van der Waals surface area contributed by atoms with Gasteiger partial charge in [-0.2, -0.15) is 0 Å². The summed E-state index contributed by atoms with van der Waals surface area (Å²) in [6.07, 6.45) is 11.8. The second-order valence-electron chi connectivity index (χ2n) is 16.3. The van der Waals surface area contributed by atoms with Crippen LogP contribution < -0.4 is 56.5 Å². The van der Waals surface area contributed by atoms with E-state index >= 15 is 0 Å². The molecular weight excluding hydrogens is 543 g/mol. The van der Waals surface area contributed by atoms with Crippen LogP contribution >= 0.6 is 0 Å². The topological polar surface area (TPSA) is 104 Å². The average Bonchev–Trinajstić information content (AvgIpc) is 2.86. The third-order valence-corrected chi connectivity index (χ3v) is 14.1. The fourth-order valence-corrected chi connectivity index (χ4v) is 11.2. The summed E-state index contributed by atoms with van der Waals surface area (Å²) in [4.78, 5) is 35.7. The minimum atomic E-state index is -1.22. The molecule has 0 bridgehead atoms. The van der Waals surface area contributed by atoms with E-state index in [-0.39, 0.29) is 97.4 Å². The average molecular weight is 595 g/mol. The molecule has 0 aromatic rings. The number of carboxylic acids is 2. The molecule has 4 saturated carbocycles. The summed E-state index contributed by atoms with van der Waals surface area (Å²) < 4.78 is 5.94. The predicted octanol–water partition coefficient (Wildman–Crippen LogP) is 3.32. The Hall–Kier alpha value is -0.214. The van der Waals surface area contributed by atoms with Gasteiger partial charge in [0.2, 0.25) is 0 Å². The number of fused-ring (bicyclic) bond motifs is 7. The Labute approximate surface area is 289 Å². The van der Waals surface area contributed by atoms with Crippen LogP contribution in [0, 0.1) is 50.2 Å². The molecule has 0 aliphatic heterocycles. The molecule has 0 heterocycles. The smallest absolute Gasteiger partial charge is 0.550 e. The molecule has 5 aliphatic rings. The number of esters is 1. The zero-order valence-electron chi connectivity index (χ0n) is 26.9. The number of hydrogen-bond donors (Lipinski definition) is 1. The summed E-state index contributed by atoms with van der Waals surface area (Å²) in [7, 11) is 0. The second-order valence-corrected chi connectivity index (χ2v) is 16.3. The Morgan fingerprint density at radius 1 is 0.902 bits per heavy atom. The largest absolute Gasteiger partial charge is 1.00 e.